The van der Waals surface area contributed by atoms with Gasteiger partial charge < -0.3 is 14.4 Å². The van der Waals surface area contributed by atoms with Gasteiger partial charge in [-0.25, -0.2) is 4.98 Å². The summed E-state index contributed by atoms with van der Waals surface area (Å²) in [5.41, 5.74) is 0.618. The average Bonchev–Trinajstić information content (AvgIpc) is 3.00. The van der Waals surface area contributed by atoms with Crippen LogP contribution >= 0.6 is 0 Å². The third-order valence-electron chi connectivity index (χ3n) is 3.43. The van der Waals surface area contributed by atoms with Crippen molar-refractivity contribution in [1.29, 1.82) is 0 Å². The second kappa shape index (κ2) is 7.98. The smallest absolute Gasteiger partial charge is 0.255 e. The van der Waals surface area contributed by atoms with E-state index >= 15 is 0 Å². The number of aromatic nitrogens is 1. The van der Waals surface area contributed by atoms with E-state index in [0.29, 0.717) is 18.1 Å². The van der Waals surface area contributed by atoms with Crippen LogP contribution in [-0.2, 0) is 4.74 Å². The van der Waals surface area contributed by atoms with Gasteiger partial charge in [-0.05, 0) is 18.9 Å². The Morgan fingerprint density at radius 2 is 2.14 bits per heavy atom. The van der Waals surface area contributed by atoms with Crippen LogP contribution in [0.25, 0.3) is 0 Å². The number of hydrogen-bond donors (Lipinski definition) is 0. The zero-order valence-electron chi connectivity index (χ0n) is 12.9. The molecule has 21 heavy (non-hydrogen) atoms. The highest BCUT2D eigenvalue weighted by atomic mass is 16.5. The van der Waals surface area contributed by atoms with Gasteiger partial charge in [-0.15, -0.1) is 0 Å². The first-order valence-corrected chi connectivity index (χ1v) is 7.74. The van der Waals surface area contributed by atoms with Crippen LogP contribution in [0.5, 0.6) is 5.88 Å². The predicted molar refractivity (Wildman–Crippen MR) is 80.6 cm³/mol. The minimum Gasteiger partial charge on any atom is -0.472 e. The number of ether oxygens (including phenoxy) is 2. The summed E-state index contributed by atoms with van der Waals surface area (Å²) in [6.07, 6.45) is 4.50. The molecule has 2 rings (SSSR count). The van der Waals surface area contributed by atoms with Crippen molar-refractivity contribution in [3.8, 4) is 5.88 Å². The Kier molecular flexibility index (Phi) is 5.99. The number of pyridine rings is 1. The van der Waals surface area contributed by atoms with E-state index in [9.17, 15) is 4.79 Å². The summed E-state index contributed by atoms with van der Waals surface area (Å²) >= 11 is 0. The lowest BCUT2D eigenvalue weighted by atomic mass is 10.2. The van der Waals surface area contributed by atoms with Gasteiger partial charge in [0.05, 0.1) is 18.8 Å². The largest absolute Gasteiger partial charge is 0.472 e. The lowest BCUT2D eigenvalue weighted by Crippen LogP contribution is -2.32. The first-order valence-electron chi connectivity index (χ1n) is 7.74. The zero-order valence-corrected chi connectivity index (χ0v) is 12.9. The van der Waals surface area contributed by atoms with Crippen LogP contribution in [0, 0.1) is 0 Å². The highest BCUT2D eigenvalue weighted by Gasteiger charge is 2.18. The molecule has 0 spiro atoms. The summed E-state index contributed by atoms with van der Waals surface area (Å²) < 4.78 is 11.0. The van der Waals surface area contributed by atoms with Gasteiger partial charge >= 0.3 is 0 Å². The normalized spacial score (nSPS) is 17.7. The van der Waals surface area contributed by atoms with Gasteiger partial charge in [0.25, 0.3) is 5.91 Å². The van der Waals surface area contributed by atoms with E-state index in [1.807, 2.05) is 4.90 Å². The first kappa shape index (κ1) is 15.8. The van der Waals surface area contributed by atoms with Crippen molar-refractivity contribution >= 4 is 5.91 Å². The summed E-state index contributed by atoms with van der Waals surface area (Å²) in [5.74, 6) is 0.599. The van der Waals surface area contributed by atoms with Gasteiger partial charge in [0, 0.05) is 31.8 Å². The van der Waals surface area contributed by atoms with Gasteiger partial charge in [-0.2, -0.15) is 0 Å². The summed E-state index contributed by atoms with van der Waals surface area (Å²) in [5, 5.41) is 0. The molecule has 1 aliphatic heterocycles. The van der Waals surface area contributed by atoms with E-state index < -0.39 is 0 Å². The van der Waals surface area contributed by atoms with Gasteiger partial charge in [0.2, 0.25) is 5.88 Å². The Bertz CT molecular complexity index is 435. The monoisotopic (exact) mass is 292 g/mol. The molecule has 1 unspecified atom stereocenters. The summed E-state index contributed by atoms with van der Waals surface area (Å²) in [6, 6.07) is 3.56. The number of amides is 1. The van der Waals surface area contributed by atoms with Crippen molar-refractivity contribution in [1.82, 2.24) is 9.88 Å². The Balaban J connectivity index is 1.97. The third-order valence-corrected chi connectivity index (χ3v) is 3.43. The second-order valence-corrected chi connectivity index (χ2v) is 5.28. The molecule has 1 aromatic heterocycles. The minimum absolute atomic E-state index is 0.0435. The molecule has 0 radical (unpaired) electrons. The van der Waals surface area contributed by atoms with Crippen molar-refractivity contribution in [2.24, 2.45) is 0 Å². The van der Waals surface area contributed by atoms with Gasteiger partial charge in [-0.1, -0.05) is 13.8 Å². The lowest BCUT2D eigenvalue weighted by Gasteiger charge is -2.21. The topological polar surface area (TPSA) is 51.7 Å². The molecule has 1 aromatic rings. The molecule has 0 aliphatic carbocycles. The predicted octanol–water partition coefficient (Wildman–Crippen LogP) is 2.51. The quantitative estimate of drug-likeness (QED) is 0.775. The maximum absolute atomic E-state index is 12.4. The third kappa shape index (κ3) is 4.43. The Morgan fingerprint density at radius 1 is 1.38 bits per heavy atom. The van der Waals surface area contributed by atoms with Gasteiger partial charge in [0.15, 0.2) is 0 Å². The molecule has 1 fully saturated rings. The Labute approximate surface area is 126 Å². The van der Waals surface area contributed by atoms with E-state index in [1.165, 1.54) is 0 Å². The molecular weight excluding hydrogens is 268 g/mol. The highest BCUT2D eigenvalue weighted by molar-refractivity contribution is 5.93. The van der Waals surface area contributed by atoms with E-state index in [-0.39, 0.29) is 12.0 Å². The highest BCUT2D eigenvalue weighted by Crippen LogP contribution is 2.15. The summed E-state index contributed by atoms with van der Waals surface area (Å²) in [7, 11) is 0. The fourth-order valence-corrected chi connectivity index (χ4v) is 2.39. The molecular formula is C16H24N2O3. The molecule has 0 saturated carbocycles. The van der Waals surface area contributed by atoms with Crippen LogP contribution in [0.1, 0.15) is 43.5 Å². The van der Waals surface area contributed by atoms with Crippen LogP contribution in [0.2, 0.25) is 0 Å². The van der Waals surface area contributed by atoms with E-state index in [1.54, 1.807) is 18.3 Å². The molecule has 1 amide bonds. The van der Waals surface area contributed by atoms with Crippen LogP contribution in [0.15, 0.2) is 18.3 Å². The second-order valence-electron chi connectivity index (χ2n) is 5.28. The van der Waals surface area contributed by atoms with Crippen LogP contribution in [0.4, 0.5) is 0 Å². The number of carbonyl (C=O) groups is 1. The van der Waals surface area contributed by atoms with E-state index in [0.717, 1.165) is 39.0 Å². The molecule has 2 heterocycles. The fourth-order valence-electron chi connectivity index (χ4n) is 2.39. The number of rotatable bonds is 7. The maximum atomic E-state index is 12.4. The van der Waals surface area contributed by atoms with Crippen molar-refractivity contribution in [2.75, 3.05) is 26.3 Å². The fraction of sp³-hybridized carbons (Fsp3) is 0.625. The SMILES string of the molecule is CCCN(CCC)C(=O)c1ccc(OC2CCOC2)nc1. The van der Waals surface area contributed by atoms with Crippen molar-refractivity contribution < 1.29 is 14.3 Å². The van der Waals surface area contributed by atoms with E-state index in [2.05, 4.69) is 18.8 Å². The summed E-state index contributed by atoms with van der Waals surface area (Å²) in [4.78, 5) is 18.5. The lowest BCUT2D eigenvalue weighted by molar-refractivity contribution is 0.0755. The molecule has 5 nitrogen and oxygen atoms in total. The molecule has 0 N–H and O–H groups in total. The first-order chi connectivity index (χ1) is 10.2. The Morgan fingerprint density at radius 3 is 2.67 bits per heavy atom. The molecule has 1 aliphatic rings. The van der Waals surface area contributed by atoms with Crippen molar-refractivity contribution in [2.45, 2.75) is 39.2 Å². The molecule has 0 aromatic carbocycles. The number of carbonyl (C=O) groups excluding carboxylic acids is 1. The average molecular weight is 292 g/mol. The van der Waals surface area contributed by atoms with Crippen molar-refractivity contribution in [3.05, 3.63) is 23.9 Å². The van der Waals surface area contributed by atoms with Crippen molar-refractivity contribution in [3.63, 3.8) is 0 Å². The number of hydrogen-bond acceptors (Lipinski definition) is 4. The minimum atomic E-state index is 0.0435. The zero-order chi connectivity index (χ0) is 15.1. The standard InChI is InChI=1S/C16H24N2O3/c1-3-8-18(9-4-2)16(19)13-5-6-15(17-11-13)21-14-7-10-20-12-14/h5-6,11,14H,3-4,7-10,12H2,1-2H3. The summed E-state index contributed by atoms with van der Waals surface area (Å²) in [6.45, 7) is 7.08. The molecule has 1 saturated heterocycles. The molecule has 5 heteroatoms. The maximum Gasteiger partial charge on any atom is 0.255 e. The van der Waals surface area contributed by atoms with Gasteiger partial charge in [-0.3, -0.25) is 4.79 Å². The molecule has 116 valence electrons. The van der Waals surface area contributed by atoms with Crippen LogP contribution in [0.3, 0.4) is 0 Å². The van der Waals surface area contributed by atoms with Gasteiger partial charge in [0.1, 0.15) is 6.10 Å². The molecule has 0 bridgehead atoms. The number of nitrogens with zero attached hydrogens (tertiary/aromatic N) is 2. The van der Waals surface area contributed by atoms with Crippen LogP contribution in [-0.4, -0.2) is 48.2 Å². The van der Waals surface area contributed by atoms with E-state index in [4.69, 9.17) is 9.47 Å². The molecule has 1 atom stereocenters. The van der Waals surface area contributed by atoms with Crippen LogP contribution < -0.4 is 4.74 Å². The Hall–Kier alpha value is -1.62.